The predicted molar refractivity (Wildman–Crippen MR) is 144 cm³/mol. The maximum atomic E-state index is 9.61. The van der Waals surface area contributed by atoms with Crippen LogP contribution in [0.25, 0.3) is 0 Å². The molecular weight excluding hydrogens is 512 g/mol. The minimum Gasteiger partial charge on any atom is -0.0620 e. The summed E-state index contributed by atoms with van der Waals surface area (Å²) in [6.45, 7) is 12.0. The zero-order chi connectivity index (χ0) is 22.8. The van der Waals surface area contributed by atoms with E-state index in [9.17, 15) is 5.11 Å². The van der Waals surface area contributed by atoms with Crippen molar-refractivity contribution in [3.8, 4) is 0 Å². The van der Waals surface area contributed by atoms with Gasteiger partial charge in [0.2, 0.25) is 0 Å². The molecule has 179 valence electrons. The van der Waals surface area contributed by atoms with Gasteiger partial charge in [0.05, 0.1) is 14.0 Å². The number of rotatable bonds is 3. The van der Waals surface area contributed by atoms with Crippen LogP contribution in [0.2, 0.25) is 0 Å². The summed E-state index contributed by atoms with van der Waals surface area (Å²) >= 11 is 0. The van der Waals surface area contributed by atoms with Crippen molar-refractivity contribution < 1.29 is 29.4 Å². The van der Waals surface area contributed by atoms with E-state index in [1.165, 1.54) is 15.9 Å². The van der Waals surface area contributed by atoms with Gasteiger partial charge >= 0.3 is 19.5 Å². The largest absolute Gasteiger partial charge is 0.102 e. The molecule has 0 heterocycles. The van der Waals surface area contributed by atoms with E-state index < -0.39 is 7.92 Å². The van der Waals surface area contributed by atoms with Crippen LogP contribution in [-0.2, 0) is 24.3 Å². The van der Waals surface area contributed by atoms with Gasteiger partial charge in [-0.1, -0.05) is 82.3 Å². The van der Waals surface area contributed by atoms with E-state index in [1.807, 2.05) is 0 Å². The predicted octanol–water partition coefficient (Wildman–Crippen LogP) is 4.99. The molecule has 1 N–H and O–H groups in total. The minimum atomic E-state index is -0.877. The summed E-state index contributed by atoms with van der Waals surface area (Å²) in [6.07, 6.45) is -0.0648. The number of aliphatic hydroxyl groups is 1. The molecule has 1 aliphatic rings. The molecule has 4 atom stereocenters. The Labute approximate surface area is 215 Å². The van der Waals surface area contributed by atoms with E-state index in [1.54, 1.807) is 0 Å². The number of hydrogen-bond donors (Lipinski definition) is 1. The zero-order valence-electron chi connectivity index (χ0n) is 20.4. The Kier molecular flexibility index (Phi) is 15.2. The molecule has 2 nitrogen and oxygen atoms in total. The van der Waals surface area contributed by atoms with Crippen LogP contribution in [0.3, 0.4) is 0 Å². The van der Waals surface area contributed by atoms with Gasteiger partial charge in [0.1, 0.15) is 15.9 Å². The third-order valence-electron chi connectivity index (χ3n) is 6.75. The normalized spacial score (nSPS) is 23.0. The summed E-state index contributed by atoms with van der Waals surface area (Å²) in [7, 11) is -0.877. The summed E-state index contributed by atoms with van der Waals surface area (Å²) < 4.78 is 0. The second-order valence-electron chi connectivity index (χ2n) is 8.40. The molecule has 0 radical (unpaired) electrons. The molecule has 0 bridgehead atoms. The van der Waals surface area contributed by atoms with E-state index in [2.05, 4.69) is 125 Å². The van der Waals surface area contributed by atoms with Gasteiger partial charge in [0.15, 0.2) is 0 Å². The van der Waals surface area contributed by atoms with Crippen LogP contribution in [-0.4, -0.2) is 18.0 Å². The van der Waals surface area contributed by atoms with Crippen LogP contribution in [0, 0.1) is 31.1 Å². The third kappa shape index (κ3) is 8.25. The monoisotopic (exact) mass is 552 g/mol. The van der Waals surface area contributed by atoms with Crippen molar-refractivity contribution >= 4 is 30.6 Å². The summed E-state index contributed by atoms with van der Waals surface area (Å²) in [4.78, 5) is 7.75. The van der Waals surface area contributed by atoms with E-state index in [0.29, 0.717) is 23.7 Å². The fraction of sp³-hybridized carbons (Fsp3) is 0.310. The topological polar surface area (TPSA) is 37.3 Å². The Morgan fingerprint density at radius 1 is 0.576 bits per heavy atom. The van der Waals surface area contributed by atoms with Crippen molar-refractivity contribution in [2.75, 3.05) is 0 Å². The van der Waals surface area contributed by atoms with Crippen LogP contribution in [0.15, 0.2) is 91.0 Å². The molecule has 1 saturated carbocycles. The minimum absolute atomic E-state index is 0. The van der Waals surface area contributed by atoms with Gasteiger partial charge < -0.3 is 17.3 Å². The molecule has 33 heavy (non-hydrogen) atoms. The smallest absolute Gasteiger partial charge is 0.0620 e. The molecule has 1 fully saturated rings. The van der Waals surface area contributed by atoms with Gasteiger partial charge in [0.25, 0.3) is 0 Å². The molecule has 4 unspecified atom stereocenters. The Morgan fingerprint density at radius 3 is 1.00 bits per heavy atom. The molecule has 0 amide bonds. The second-order valence-corrected chi connectivity index (χ2v) is 10.9. The molecule has 3 aromatic carbocycles. The Morgan fingerprint density at radius 2 is 0.818 bits per heavy atom. The van der Waals surface area contributed by atoms with Crippen molar-refractivity contribution in [2.24, 2.45) is 23.7 Å². The van der Waals surface area contributed by atoms with Crippen molar-refractivity contribution in [3.05, 3.63) is 98.4 Å². The molecular formula is C29H39O2PRu+. The quantitative estimate of drug-likeness (QED) is 0.216. The van der Waals surface area contributed by atoms with E-state index >= 15 is 0 Å². The molecule has 3 aromatic rings. The Bertz CT molecular complexity index is 737. The van der Waals surface area contributed by atoms with Gasteiger partial charge in [-0.15, -0.1) is 0 Å². The van der Waals surface area contributed by atoms with Gasteiger partial charge in [-0.3, -0.25) is 6.79 Å². The summed E-state index contributed by atoms with van der Waals surface area (Å²) in [5, 5.41) is 13.9. The first kappa shape index (κ1) is 31.3. The number of aliphatic hydroxyl groups excluding tert-OH is 1. The standard InChI is InChI=1S/C18H15P.C9H18O.CHO.CH3.Ru.H/c1-4-10-16(11-5-1)19(17-12-6-2-7-13-17)18-14-8-3-9-15-18;1-5-6(2)8(4)9(10)7(5)3;1-2;;;/h1-15H;5-10H,1-4H3;1H;1H3;;/q;;2*-1;+2;/p+1. The van der Waals surface area contributed by atoms with Gasteiger partial charge in [-0.2, -0.15) is 0 Å². The van der Waals surface area contributed by atoms with Crippen LogP contribution in [0.1, 0.15) is 27.7 Å². The van der Waals surface area contributed by atoms with E-state index in [4.69, 9.17) is 4.79 Å². The van der Waals surface area contributed by atoms with Crippen molar-refractivity contribution in [1.82, 2.24) is 0 Å². The number of hydrogen-bond acceptors (Lipinski definition) is 2. The third-order valence-corrected chi connectivity index (χ3v) is 9.48. The van der Waals surface area contributed by atoms with Crippen molar-refractivity contribution in [2.45, 2.75) is 33.8 Å². The second kappa shape index (κ2) is 16.1. The van der Waals surface area contributed by atoms with Crippen molar-refractivity contribution in [3.63, 3.8) is 0 Å². The zero-order valence-corrected chi connectivity index (χ0v) is 23.2. The van der Waals surface area contributed by atoms with Crippen LogP contribution >= 0.6 is 7.92 Å². The number of carbonyl (C=O) groups excluding carboxylic acids is 1. The average molecular weight is 552 g/mol. The van der Waals surface area contributed by atoms with Gasteiger partial charge in [0, 0.05) is 0 Å². The average Bonchev–Trinajstić information content (AvgIpc) is 3.01. The van der Waals surface area contributed by atoms with Crippen LogP contribution in [0.5, 0.6) is 0 Å². The van der Waals surface area contributed by atoms with Crippen LogP contribution < -0.4 is 15.9 Å². The fourth-order valence-corrected chi connectivity index (χ4v) is 6.95. The summed E-state index contributed by atoms with van der Waals surface area (Å²) in [5.41, 5.74) is 0. The molecule has 4 rings (SSSR count). The van der Waals surface area contributed by atoms with Gasteiger partial charge in [-0.05, 0) is 60.1 Å². The first-order valence-corrected chi connectivity index (χ1v) is 12.5. The first-order chi connectivity index (χ1) is 15.0. The van der Waals surface area contributed by atoms with Gasteiger partial charge in [-0.25, -0.2) is 0 Å². The summed E-state index contributed by atoms with van der Waals surface area (Å²) in [5.74, 6) is 2.35. The number of benzene rings is 3. The Hall–Kier alpha value is -1.66. The maximum Gasteiger partial charge on any atom is 0.102 e. The molecule has 0 aliphatic heterocycles. The molecule has 0 spiro atoms. The maximum absolute atomic E-state index is 9.61. The molecule has 0 aromatic heterocycles. The SMILES string of the molecule is CC1C(C)C(C)C(O)C1C.[CH-]=O.[CH3-].[RuH+2].c1ccc([PH+](c2ccccc2)c2ccccc2)cc1. The fourth-order valence-electron chi connectivity index (χ4n) is 4.37. The molecule has 4 heteroatoms. The van der Waals surface area contributed by atoms with E-state index in [-0.39, 0.29) is 33.0 Å². The van der Waals surface area contributed by atoms with Crippen LogP contribution in [0.4, 0.5) is 0 Å². The summed E-state index contributed by atoms with van der Waals surface area (Å²) in [6, 6.07) is 32.5. The first-order valence-electron chi connectivity index (χ1n) is 11.0. The van der Waals surface area contributed by atoms with E-state index in [0.717, 1.165) is 0 Å². The Balaban J connectivity index is 0.000000629. The molecule has 1 aliphatic carbocycles. The molecule has 0 saturated heterocycles. The van der Waals surface area contributed by atoms with Crippen molar-refractivity contribution in [1.29, 1.82) is 0 Å².